The van der Waals surface area contributed by atoms with Crippen LogP contribution in [-0.4, -0.2) is 40.4 Å². The van der Waals surface area contributed by atoms with E-state index < -0.39 is 0 Å². The first kappa shape index (κ1) is 33.1. The maximum atomic E-state index is 11.8. The molecule has 6 N–H and O–H groups in total. The molecule has 0 heterocycles. The van der Waals surface area contributed by atoms with Crippen LogP contribution in [0, 0.1) is 6.92 Å². The van der Waals surface area contributed by atoms with Gasteiger partial charge in [0.15, 0.2) is 23.1 Å². The zero-order valence-corrected chi connectivity index (χ0v) is 24.6. The Bertz CT molecular complexity index is 1530. The highest BCUT2D eigenvalue weighted by Gasteiger charge is 2.16. The Morgan fingerprint density at radius 1 is 0.500 bits per heavy atom. The molecule has 4 aromatic rings. The SMILES string of the molecule is CC(=O)c1ccc(-c2ccc(C(C)=O)c(C(C)=O)c2)cc1C(C)=O.CN.Cc1ccc(-c2ccc(N)c(O)c2)cc1O. The number of carbonyl (C=O) groups is 4. The number of Topliss-reactive ketones (excluding diaryl/α,β-unsaturated/α-hetero) is 4. The standard InChI is InChI=1S/C20H18O4.C13H13NO2.CH5N/c1-11(21)17-7-5-15(9-19(17)13(3)23)16-6-8-18(12(2)22)20(10-16)14(4)24;1-8-2-3-9(6-12(8)15)10-4-5-11(14)13(16)7-10;1-2/h5-10H,1-4H3;2-7,15-16H,14H2,1H3;2H2,1H3. The molecule has 0 radical (unpaired) electrons. The summed E-state index contributed by atoms with van der Waals surface area (Å²) in [6, 6.07) is 20.4. The third kappa shape index (κ3) is 7.99. The zero-order valence-electron chi connectivity index (χ0n) is 24.6. The molecule has 0 saturated heterocycles. The number of nitrogens with two attached hydrogens (primary N) is 2. The average molecular weight is 569 g/mol. The van der Waals surface area contributed by atoms with Gasteiger partial charge in [-0.05, 0) is 99.8 Å². The van der Waals surface area contributed by atoms with Crippen LogP contribution in [0.5, 0.6) is 11.5 Å². The number of phenols is 2. The third-order valence-electron chi connectivity index (χ3n) is 6.46. The number of nitrogen functional groups attached to an aromatic ring is 1. The van der Waals surface area contributed by atoms with Crippen molar-refractivity contribution in [2.45, 2.75) is 34.6 Å². The van der Waals surface area contributed by atoms with Gasteiger partial charge in [0.05, 0.1) is 5.69 Å². The van der Waals surface area contributed by atoms with Gasteiger partial charge in [-0.1, -0.05) is 42.5 Å². The predicted molar refractivity (Wildman–Crippen MR) is 166 cm³/mol. The van der Waals surface area contributed by atoms with Crippen LogP contribution in [0.15, 0.2) is 72.8 Å². The molecule has 42 heavy (non-hydrogen) atoms. The van der Waals surface area contributed by atoms with Crippen molar-refractivity contribution in [3.05, 3.63) is 101 Å². The van der Waals surface area contributed by atoms with Crippen LogP contribution in [0.1, 0.15) is 74.7 Å². The van der Waals surface area contributed by atoms with Crippen LogP contribution < -0.4 is 11.5 Å². The number of carbonyl (C=O) groups excluding carboxylic acids is 4. The molecule has 4 aromatic carbocycles. The summed E-state index contributed by atoms with van der Waals surface area (Å²) in [5.74, 6) is -0.457. The molecule has 218 valence electrons. The lowest BCUT2D eigenvalue weighted by Gasteiger charge is -2.10. The summed E-state index contributed by atoms with van der Waals surface area (Å²) in [4.78, 5) is 46.9. The number of anilines is 1. The van der Waals surface area contributed by atoms with Crippen LogP contribution in [-0.2, 0) is 0 Å². The lowest BCUT2D eigenvalue weighted by molar-refractivity contribution is 0.0980. The minimum absolute atomic E-state index is 0.0533. The van der Waals surface area contributed by atoms with Crippen LogP contribution in [0.4, 0.5) is 5.69 Å². The van der Waals surface area contributed by atoms with Crippen LogP contribution in [0.25, 0.3) is 22.3 Å². The Balaban J connectivity index is 0.000000296. The average Bonchev–Trinajstić information content (AvgIpc) is 2.96. The molecule has 8 heteroatoms. The van der Waals surface area contributed by atoms with Gasteiger partial charge < -0.3 is 21.7 Å². The zero-order chi connectivity index (χ0) is 31.7. The van der Waals surface area contributed by atoms with Crippen molar-refractivity contribution in [1.82, 2.24) is 0 Å². The molecule has 0 aliphatic rings. The van der Waals surface area contributed by atoms with Gasteiger partial charge in [0.25, 0.3) is 0 Å². The summed E-state index contributed by atoms with van der Waals surface area (Å²) in [7, 11) is 1.50. The van der Waals surface area contributed by atoms with E-state index in [4.69, 9.17) is 5.73 Å². The number of benzene rings is 4. The number of ketones is 4. The van der Waals surface area contributed by atoms with E-state index in [1.165, 1.54) is 34.7 Å². The monoisotopic (exact) mass is 568 g/mol. The Morgan fingerprint density at radius 2 is 0.833 bits per heavy atom. The summed E-state index contributed by atoms with van der Waals surface area (Å²) in [5, 5.41) is 19.1. The lowest BCUT2D eigenvalue weighted by Crippen LogP contribution is -2.06. The fourth-order valence-corrected chi connectivity index (χ4v) is 4.16. The Labute approximate surface area is 245 Å². The Hall–Kier alpha value is -5.08. The van der Waals surface area contributed by atoms with Gasteiger partial charge in [-0.2, -0.15) is 0 Å². The molecule has 0 bridgehead atoms. The number of phenolic OH excluding ortho intramolecular Hbond substituents is 2. The molecule has 0 aliphatic heterocycles. The first-order valence-electron chi connectivity index (χ1n) is 13.1. The van der Waals surface area contributed by atoms with E-state index in [0.717, 1.165) is 16.7 Å². The Morgan fingerprint density at radius 3 is 1.19 bits per heavy atom. The number of aromatic hydroxyl groups is 2. The van der Waals surface area contributed by atoms with Gasteiger partial charge in [0.2, 0.25) is 0 Å². The van der Waals surface area contributed by atoms with E-state index >= 15 is 0 Å². The molecule has 0 atom stereocenters. The quantitative estimate of drug-likeness (QED) is 0.118. The lowest BCUT2D eigenvalue weighted by atomic mass is 9.92. The number of hydrogen-bond acceptors (Lipinski definition) is 8. The topological polar surface area (TPSA) is 161 Å². The number of aryl methyl sites for hydroxylation is 1. The summed E-state index contributed by atoms with van der Waals surface area (Å²) in [5.41, 5.74) is 15.7. The van der Waals surface area contributed by atoms with Crippen molar-refractivity contribution in [2.24, 2.45) is 5.73 Å². The number of hydrogen-bond donors (Lipinski definition) is 4. The fraction of sp³-hybridized carbons (Fsp3) is 0.176. The van der Waals surface area contributed by atoms with Crippen molar-refractivity contribution in [3.8, 4) is 33.8 Å². The van der Waals surface area contributed by atoms with Crippen molar-refractivity contribution in [1.29, 1.82) is 0 Å². The molecule has 0 saturated carbocycles. The molecule has 0 fully saturated rings. The van der Waals surface area contributed by atoms with E-state index in [0.29, 0.717) is 39.1 Å². The first-order chi connectivity index (χ1) is 19.8. The second kappa shape index (κ2) is 14.5. The van der Waals surface area contributed by atoms with Gasteiger partial charge in [0, 0.05) is 22.3 Å². The largest absolute Gasteiger partial charge is 0.508 e. The minimum atomic E-state index is -0.200. The molecule has 0 aliphatic carbocycles. The van der Waals surface area contributed by atoms with Crippen LogP contribution in [0.2, 0.25) is 0 Å². The first-order valence-corrected chi connectivity index (χ1v) is 13.1. The van der Waals surface area contributed by atoms with E-state index in [-0.39, 0.29) is 34.6 Å². The van der Waals surface area contributed by atoms with E-state index in [1.807, 2.05) is 19.1 Å². The molecule has 0 unspecified atom stereocenters. The summed E-state index contributed by atoms with van der Waals surface area (Å²) < 4.78 is 0. The smallest absolute Gasteiger partial charge is 0.160 e. The van der Waals surface area contributed by atoms with E-state index in [1.54, 1.807) is 60.7 Å². The van der Waals surface area contributed by atoms with E-state index in [9.17, 15) is 29.4 Å². The van der Waals surface area contributed by atoms with E-state index in [2.05, 4.69) is 5.73 Å². The van der Waals surface area contributed by atoms with Gasteiger partial charge in [0.1, 0.15) is 11.5 Å². The third-order valence-corrected chi connectivity index (χ3v) is 6.46. The molecular weight excluding hydrogens is 532 g/mol. The highest BCUT2D eigenvalue weighted by molar-refractivity contribution is 6.09. The molecular formula is C34H36N2O6. The van der Waals surface area contributed by atoms with Gasteiger partial charge in [-0.25, -0.2) is 0 Å². The van der Waals surface area contributed by atoms with Crippen molar-refractivity contribution < 1.29 is 29.4 Å². The molecule has 4 rings (SSSR count). The Kier molecular flexibility index (Phi) is 11.5. The normalized spacial score (nSPS) is 9.98. The highest BCUT2D eigenvalue weighted by atomic mass is 16.3. The van der Waals surface area contributed by atoms with Crippen LogP contribution >= 0.6 is 0 Å². The van der Waals surface area contributed by atoms with Crippen molar-refractivity contribution in [3.63, 3.8) is 0 Å². The second-order valence-electron chi connectivity index (χ2n) is 9.52. The molecule has 0 amide bonds. The predicted octanol–water partition coefficient (Wildman–Crippen LogP) is 6.39. The van der Waals surface area contributed by atoms with Gasteiger partial charge in [-0.15, -0.1) is 0 Å². The van der Waals surface area contributed by atoms with Gasteiger partial charge >= 0.3 is 0 Å². The molecule has 0 spiro atoms. The summed E-state index contributed by atoms with van der Waals surface area (Å²) in [6.07, 6.45) is 0. The van der Waals surface area contributed by atoms with Crippen molar-refractivity contribution >= 4 is 28.8 Å². The van der Waals surface area contributed by atoms with Crippen LogP contribution in [0.3, 0.4) is 0 Å². The highest BCUT2D eigenvalue weighted by Crippen LogP contribution is 2.31. The molecule has 8 nitrogen and oxygen atoms in total. The minimum Gasteiger partial charge on any atom is -0.508 e. The maximum Gasteiger partial charge on any atom is 0.160 e. The van der Waals surface area contributed by atoms with Gasteiger partial charge in [-0.3, -0.25) is 19.2 Å². The summed E-state index contributed by atoms with van der Waals surface area (Å²) in [6.45, 7) is 7.48. The summed E-state index contributed by atoms with van der Waals surface area (Å²) >= 11 is 0. The fourth-order valence-electron chi connectivity index (χ4n) is 4.16. The second-order valence-corrected chi connectivity index (χ2v) is 9.52. The maximum absolute atomic E-state index is 11.8. The number of rotatable bonds is 6. The van der Waals surface area contributed by atoms with Crippen molar-refractivity contribution in [2.75, 3.05) is 12.8 Å². The molecule has 0 aromatic heterocycles.